The topological polar surface area (TPSA) is 49.7 Å². The van der Waals surface area contributed by atoms with Crippen LogP contribution in [0.2, 0.25) is 0 Å². The summed E-state index contributed by atoms with van der Waals surface area (Å²) in [4.78, 5) is 26.4. The third-order valence-corrected chi connectivity index (χ3v) is 5.97. The fourth-order valence-corrected chi connectivity index (χ4v) is 3.93. The minimum Gasteiger partial charge on any atom is -0.289 e. The molecule has 1 aliphatic heterocycles. The smallest absolute Gasteiger partial charge is 0.263 e. The Hall–Kier alpha value is -3.31. The molecule has 0 saturated carbocycles. The van der Waals surface area contributed by atoms with E-state index in [0.29, 0.717) is 23.4 Å². The first-order chi connectivity index (χ1) is 15.0. The second-order valence-corrected chi connectivity index (χ2v) is 8.39. The number of carbonyl (C=O) groups excluding carboxylic acids is 2. The number of para-hydroxylation sites is 1. The number of anilines is 1. The highest BCUT2D eigenvalue weighted by molar-refractivity contribution is 9.10. The molecule has 0 unspecified atom stereocenters. The molecule has 1 amide bonds. The van der Waals surface area contributed by atoms with Crippen molar-refractivity contribution in [3.05, 3.63) is 113 Å². The summed E-state index contributed by atoms with van der Waals surface area (Å²) >= 11 is 3.45. The Morgan fingerprint density at radius 2 is 1.58 bits per heavy atom. The van der Waals surface area contributed by atoms with Gasteiger partial charge in [-0.3, -0.25) is 9.59 Å². The predicted molar refractivity (Wildman–Crippen MR) is 127 cm³/mol. The van der Waals surface area contributed by atoms with Gasteiger partial charge >= 0.3 is 0 Å². The zero-order valence-electron chi connectivity index (χ0n) is 17.0. The largest absolute Gasteiger partial charge is 0.289 e. The summed E-state index contributed by atoms with van der Waals surface area (Å²) in [6.45, 7) is 1.84. The molecule has 3 aromatic rings. The van der Waals surface area contributed by atoms with Gasteiger partial charge in [0.2, 0.25) is 0 Å². The summed E-state index contributed by atoms with van der Waals surface area (Å²) in [7, 11) is 0. The second kappa shape index (κ2) is 8.82. The first-order valence-electron chi connectivity index (χ1n) is 9.98. The first-order valence-corrected chi connectivity index (χ1v) is 10.8. The molecule has 154 valence electrons. The molecule has 1 atom stereocenters. The molecule has 0 saturated heterocycles. The van der Waals surface area contributed by atoms with Crippen molar-refractivity contribution >= 4 is 39.0 Å². The summed E-state index contributed by atoms with van der Waals surface area (Å²) in [5.41, 5.74) is 1.89. The molecule has 0 bridgehead atoms. The molecule has 0 N–H and O–H groups in total. The lowest BCUT2D eigenvalue weighted by atomic mass is 9.77. The number of carbonyl (C=O) groups is 2. The number of nitrogens with zero attached hydrogens (tertiary/aromatic N) is 2. The van der Waals surface area contributed by atoms with Crippen LogP contribution in [0.1, 0.15) is 22.8 Å². The Morgan fingerprint density at radius 3 is 2.23 bits per heavy atom. The summed E-state index contributed by atoms with van der Waals surface area (Å²) in [6, 6.07) is 26.2. The predicted octanol–water partition coefficient (Wildman–Crippen LogP) is 5.84. The average molecular weight is 473 g/mol. The molecule has 4 rings (SSSR count). The lowest BCUT2D eigenvalue weighted by Crippen LogP contribution is -2.39. The van der Waals surface area contributed by atoms with Gasteiger partial charge in [-0.25, -0.2) is 0 Å². The minimum absolute atomic E-state index is 0.144. The van der Waals surface area contributed by atoms with Crippen LogP contribution in [0.25, 0.3) is 0 Å². The second-order valence-electron chi connectivity index (χ2n) is 7.48. The number of ketones is 1. The summed E-state index contributed by atoms with van der Waals surface area (Å²) < 4.78 is 0.967. The van der Waals surface area contributed by atoms with Crippen molar-refractivity contribution in [2.75, 3.05) is 5.01 Å². The SMILES string of the molecule is CC1=NN(c2ccccc2)C(=O)[C@@]1(/C=C\C(=O)c1ccccc1)Cc1ccc(Br)cc1. The van der Waals surface area contributed by atoms with E-state index in [1.54, 1.807) is 18.2 Å². The van der Waals surface area contributed by atoms with Crippen LogP contribution < -0.4 is 5.01 Å². The van der Waals surface area contributed by atoms with Crippen LogP contribution in [0.3, 0.4) is 0 Å². The zero-order chi connectivity index (χ0) is 21.8. The number of allylic oxidation sites excluding steroid dienone is 1. The van der Waals surface area contributed by atoms with Crippen molar-refractivity contribution in [2.45, 2.75) is 13.3 Å². The van der Waals surface area contributed by atoms with E-state index >= 15 is 0 Å². The Balaban J connectivity index is 1.73. The summed E-state index contributed by atoms with van der Waals surface area (Å²) in [5, 5.41) is 6.02. The summed E-state index contributed by atoms with van der Waals surface area (Å²) in [5.74, 6) is -0.314. The molecule has 0 fully saturated rings. The van der Waals surface area contributed by atoms with E-state index in [4.69, 9.17) is 0 Å². The van der Waals surface area contributed by atoms with Crippen LogP contribution in [-0.4, -0.2) is 17.4 Å². The van der Waals surface area contributed by atoms with Gasteiger partial charge in [-0.15, -0.1) is 0 Å². The van der Waals surface area contributed by atoms with Gasteiger partial charge in [-0.1, -0.05) is 82.7 Å². The van der Waals surface area contributed by atoms with Crippen molar-refractivity contribution < 1.29 is 9.59 Å². The van der Waals surface area contributed by atoms with Crippen molar-refractivity contribution in [1.82, 2.24) is 0 Å². The van der Waals surface area contributed by atoms with Crippen molar-refractivity contribution in [1.29, 1.82) is 0 Å². The monoisotopic (exact) mass is 472 g/mol. The fourth-order valence-electron chi connectivity index (χ4n) is 3.67. The van der Waals surface area contributed by atoms with Crippen LogP contribution in [-0.2, 0) is 11.2 Å². The van der Waals surface area contributed by atoms with Gasteiger partial charge in [0.15, 0.2) is 5.78 Å². The van der Waals surface area contributed by atoms with Crippen molar-refractivity contribution in [2.24, 2.45) is 10.5 Å². The van der Waals surface area contributed by atoms with E-state index in [1.807, 2.05) is 79.7 Å². The minimum atomic E-state index is -1.03. The molecule has 0 aromatic heterocycles. The van der Waals surface area contributed by atoms with Crippen LogP contribution >= 0.6 is 15.9 Å². The Morgan fingerprint density at radius 1 is 0.968 bits per heavy atom. The number of hydrogen-bond acceptors (Lipinski definition) is 3. The molecule has 0 aliphatic carbocycles. The number of hydrazone groups is 1. The van der Waals surface area contributed by atoms with Gasteiger partial charge in [0.05, 0.1) is 11.4 Å². The molecule has 3 aromatic carbocycles. The van der Waals surface area contributed by atoms with Crippen LogP contribution in [0.5, 0.6) is 0 Å². The number of halogens is 1. The number of benzene rings is 3. The molecule has 1 heterocycles. The first kappa shape index (κ1) is 20.9. The lowest BCUT2D eigenvalue weighted by molar-refractivity contribution is -0.122. The highest BCUT2D eigenvalue weighted by atomic mass is 79.9. The summed E-state index contributed by atoms with van der Waals surface area (Å²) in [6.07, 6.45) is 3.63. The third-order valence-electron chi connectivity index (χ3n) is 5.44. The normalized spacial score (nSPS) is 18.5. The molecule has 0 spiro atoms. The molecule has 0 radical (unpaired) electrons. The number of hydrogen-bond donors (Lipinski definition) is 0. The fraction of sp³-hybridized carbons (Fsp3) is 0.115. The van der Waals surface area contributed by atoms with Gasteiger partial charge in [-0.2, -0.15) is 10.1 Å². The van der Waals surface area contributed by atoms with Gasteiger partial charge in [-0.05, 0) is 49.2 Å². The maximum absolute atomic E-state index is 13.7. The van der Waals surface area contributed by atoms with Crippen LogP contribution in [0, 0.1) is 5.41 Å². The highest BCUT2D eigenvalue weighted by Gasteiger charge is 2.47. The van der Waals surface area contributed by atoms with E-state index in [0.717, 1.165) is 10.0 Å². The zero-order valence-corrected chi connectivity index (χ0v) is 18.6. The van der Waals surface area contributed by atoms with Crippen molar-refractivity contribution in [3.63, 3.8) is 0 Å². The lowest BCUT2D eigenvalue weighted by Gasteiger charge is -2.25. The molecular formula is C26H21BrN2O2. The standard InChI is InChI=1S/C26H21BrN2O2/c1-19-26(18-20-12-14-22(27)15-13-20,17-16-24(30)21-8-4-2-5-9-21)25(31)29(28-19)23-10-6-3-7-11-23/h2-17H,18H2,1H3/b17-16-/t26-/m0/s1. The van der Waals surface area contributed by atoms with Crippen LogP contribution in [0.15, 0.2) is 107 Å². The van der Waals surface area contributed by atoms with Gasteiger partial charge in [0, 0.05) is 10.0 Å². The van der Waals surface area contributed by atoms with Gasteiger partial charge < -0.3 is 0 Å². The Kier molecular flexibility index (Phi) is 5.96. The molecule has 5 heteroatoms. The quantitative estimate of drug-likeness (QED) is 0.334. The number of rotatable bonds is 6. The van der Waals surface area contributed by atoms with E-state index in [2.05, 4.69) is 21.0 Å². The molecular weight excluding hydrogens is 452 g/mol. The maximum Gasteiger partial charge on any atom is 0.263 e. The number of amides is 1. The van der Waals surface area contributed by atoms with E-state index < -0.39 is 5.41 Å². The van der Waals surface area contributed by atoms with E-state index in [1.165, 1.54) is 11.1 Å². The van der Waals surface area contributed by atoms with Gasteiger partial charge in [0.25, 0.3) is 5.91 Å². The van der Waals surface area contributed by atoms with Crippen LogP contribution in [0.4, 0.5) is 5.69 Å². The third kappa shape index (κ3) is 4.28. The molecule has 4 nitrogen and oxygen atoms in total. The average Bonchev–Trinajstić information content (AvgIpc) is 3.05. The molecule has 31 heavy (non-hydrogen) atoms. The van der Waals surface area contributed by atoms with E-state index in [9.17, 15) is 9.59 Å². The van der Waals surface area contributed by atoms with E-state index in [-0.39, 0.29) is 11.7 Å². The van der Waals surface area contributed by atoms with Crippen molar-refractivity contribution in [3.8, 4) is 0 Å². The van der Waals surface area contributed by atoms with Gasteiger partial charge in [0.1, 0.15) is 5.41 Å². The Bertz CT molecular complexity index is 1160. The molecule has 1 aliphatic rings. The highest BCUT2D eigenvalue weighted by Crippen LogP contribution is 2.37. The maximum atomic E-state index is 13.7. The Labute approximate surface area is 190 Å².